The molecule has 1 aliphatic heterocycles. The molecule has 2 heterocycles. The zero-order chi connectivity index (χ0) is 20.1. The van der Waals surface area contributed by atoms with Crippen molar-refractivity contribution in [3.8, 4) is 5.69 Å². The van der Waals surface area contributed by atoms with Crippen LogP contribution < -0.4 is 5.32 Å². The van der Waals surface area contributed by atoms with E-state index >= 15 is 0 Å². The normalized spacial score (nSPS) is 17.0. The molecule has 2 aromatic rings. The van der Waals surface area contributed by atoms with E-state index in [9.17, 15) is 13.2 Å². The smallest absolute Gasteiger partial charge is 0.352 e. The van der Waals surface area contributed by atoms with Gasteiger partial charge in [0.25, 0.3) is 0 Å². The van der Waals surface area contributed by atoms with Gasteiger partial charge < -0.3 is 10.2 Å². The van der Waals surface area contributed by atoms with E-state index in [-0.39, 0.29) is 24.0 Å². The Kier molecular flexibility index (Phi) is 8.32. The number of nitrogens with zero attached hydrogens (tertiary/aromatic N) is 5. The molecule has 0 saturated carbocycles. The highest BCUT2D eigenvalue weighted by molar-refractivity contribution is 14.0. The zero-order valence-corrected chi connectivity index (χ0v) is 18.8. The van der Waals surface area contributed by atoms with Crippen molar-refractivity contribution in [3.05, 3.63) is 48.3 Å². The number of guanidine groups is 1. The van der Waals surface area contributed by atoms with Crippen LogP contribution in [0.1, 0.15) is 12.5 Å². The van der Waals surface area contributed by atoms with Gasteiger partial charge in [0.2, 0.25) is 0 Å². The van der Waals surface area contributed by atoms with Crippen molar-refractivity contribution >= 4 is 29.9 Å². The van der Waals surface area contributed by atoms with Gasteiger partial charge in [0, 0.05) is 52.2 Å². The molecule has 0 amide bonds. The maximum Gasteiger partial charge on any atom is 0.403 e. The van der Waals surface area contributed by atoms with Crippen molar-refractivity contribution < 1.29 is 13.2 Å². The Morgan fingerprint density at radius 1 is 1.17 bits per heavy atom. The van der Waals surface area contributed by atoms with Gasteiger partial charge in [-0.1, -0.05) is 18.2 Å². The van der Waals surface area contributed by atoms with E-state index in [2.05, 4.69) is 15.4 Å². The number of aliphatic imine (C=N–C) groups is 1. The van der Waals surface area contributed by atoms with Crippen molar-refractivity contribution in [1.29, 1.82) is 0 Å². The number of hydrogen-bond acceptors (Lipinski definition) is 3. The van der Waals surface area contributed by atoms with Gasteiger partial charge in [-0.05, 0) is 24.6 Å². The van der Waals surface area contributed by atoms with E-state index in [0.29, 0.717) is 38.7 Å². The first kappa shape index (κ1) is 23.5. The summed E-state index contributed by atoms with van der Waals surface area (Å²) in [5, 5.41) is 7.61. The van der Waals surface area contributed by atoms with Crippen LogP contribution in [0, 0.1) is 0 Å². The Balaban J connectivity index is 0.00000300. The van der Waals surface area contributed by atoms with Gasteiger partial charge in [0.15, 0.2) is 5.96 Å². The maximum absolute atomic E-state index is 12.9. The van der Waals surface area contributed by atoms with Crippen LogP contribution in [0.5, 0.6) is 0 Å². The van der Waals surface area contributed by atoms with E-state index in [1.165, 1.54) is 11.8 Å². The van der Waals surface area contributed by atoms with Gasteiger partial charge in [-0.3, -0.25) is 9.89 Å². The Morgan fingerprint density at radius 2 is 1.86 bits per heavy atom. The molecule has 0 bridgehead atoms. The second-order valence-electron chi connectivity index (χ2n) is 6.72. The third kappa shape index (κ3) is 5.84. The first-order valence-electron chi connectivity index (χ1n) is 9.24. The van der Waals surface area contributed by atoms with Gasteiger partial charge >= 0.3 is 6.18 Å². The molecule has 0 spiro atoms. The number of hydrogen-bond donors (Lipinski definition) is 1. The number of aromatic nitrogens is 2. The highest BCUT2D eigenvalue weighted by Gasteiger charge is 2.41. The lowest BCUT2D eigenvalue weighted by atomic mass is 10.2. The largest absolute Gasteiger partial charge is 0.403 e. The number of piperazine rings is 1. The average molecular weight is 522 g/mol. The summed E-state index contributed by atoms with van der Waals surface area (Å²) >= 11 is 0. The first-order valence-corrected chi connectivity index (χ1v) is 9.24. The summed E-state index contributed by atoms with van der Waals surface area (Å²) in [6.45, 7) is 3.47. The van der Waals surface area contributed by atoms with Crippen LogP contribution in [0.2, 0.25) is 0 Å². The number of rotatable bonds is 4. The van der Waals surface area contributed by atoms with Crippen molar-refractivity contribution in [3.63, 3.8) is 0 Å². The van der Waals surface area contributed by atoms with Gasteiger partial charge in [-0.15, -0.1) is 24.0 Å². The summed E-state index contributed by atoms with van der Waals surface area (Å²) in [7, 11) is 1.69. The highest BCUT2D eigenvalue weighted by atomic mass is 127. The standard InChI is InChI=1S/C19H25F3N6.HI/c1-15(19(20,21)22)26-10-12-27(13-11-26)18(23-2)24-14-16-6-3-4-7-17(16)28-9-5-8-25-28;/h3-9,15H,10-14H2,1-2H3,(H,23,24);1H. The predicted molar refractivity (Wildman–Crippen MR) is 118 cm³/mol. The molecule has 3 rings (SSSR count). The van der Waals surface area contributed by atoms with Gasteiger partial charge in [-0.25, -0.2) is 4.68 Å². The van der Waals surface area contributed by atoms with Crippen LogP contribution >= 0.6 is 24.0 Å². The van der Waals surface area contributed by atoms with Gasteiger partial charge in [0.05, 0.1) is 5.69 Å². The first-order chi connectivity index (χ1) is 13.4. The Labute approximate surface area is 185 Å². The van der Waals surface area contributed by atoms with E-state index in [4.69, 9.17) is 0 Å². The SMILES string of the molecule is CN=C(NCc1ccccc1-n1cccn1)N1CCN(C(C)C(F)(F)F)CC1.I. The molecule has 10 heteroatoms. The van der Waals surface area contributed by atoms with E-state index in [0.717, 1.165) is 11.3 Å². The molecule has 1 atom stereocenters. The van der Waals surface area contributed by atoms with Crippen LogP contribution in [0.25, 0.3) is 5.69 Å². The van der Waals surface area contributed by atoms with Crippen LogP contribution in [-0.4, -0.2) is 71.0 Å². The summed E-state index contributed by atoms with van der Waals surface area (Å²) in [5.41, 5.74) is 2.02. The maximum atomic E-state index is 12.9. The minimum absolute atomic E-state index is 0. The third-order valence-electron chi connectivity index (χ3n) is 5.03. The monoisotopic (exact) mass is 522 g/mol. The second-order valence-corrected chi connectivity index (χ2v) is 6.72. The van der Waals surface area contributed by atoms with E-state index < -0.39 is 12.2 Å². The second kappa shape index (κ2) is 10.3. The predicted octanol–water partition coefficient (Wildman–Crippen LogP) is 3.13. The number of halogens is 4. The Hall–Kier alpha value is -1.82. The van der Waals surface area contributed by atoms with Gasteiger partial charge in [-0.2, -0.15) is 18.3 Å². The molecule has 1 unspecified atom stereocenters. The quantitative estimate of drug-likeness (QED) is 0.381. The lowest BCUT2D eigenvalue weighted by molar-refractivity contribution is -0.181. The molecule has 1 saturated heterocycles. The minimum atomic E-state index is -4.20. The Morgan fingerprint density at radius 3 is 2.45 bits per heavy atom. The van der Waals surface area contributed by atoms with E-state index in [1.54, 1.807) is 17.9 Å². The summed E-state index contributed by atoms with van der Waals surface area (Å²) in [5.74, 6) is 0.689. The molecule has 1 aliphatic rings. The van der Waals surface area contributed by atoms with Crippen molar-refractivity contribution in [1.82, 2.24) is 24.9 Å². The van der Waals surface area contributed by atoms with Crippen LogP contribution in [-0.2, 0) is 6.54 Å². The van der Waals surface area contributed by atoms with Crippen molar-refractivity contribution in [2.24, 2.45) is 4.99 Å². The fourth-order valence-corrected chi connectivity index (χ4v) is 3.33. The molecule has 1 aromatic carbocycles. The van der Waals surface area contributed by atoms with Crippen LogP contribution in [0.15, 0.2) is 47.7 Å². The fourth-order valence-electron chi connectivity index (χ4n) is 3.33. The number of benzene rings is 1. The zero-order valence-electron chi connectivity index (χ0n) is 16.4. The lowest BCUT2D eigenvalue weighted by Gasteiger charge is -2.39. The molecule has 1 aromatic heterocycles. The van der Waals surface area contributed by atoms with Crippen molar-refractivity contribution in [2.45, 2.75) is 25.7 Å². The lowest BCUT2D eigenvalue weighted by Crippen LogP contribution is -2.56. The number of alkyl halides is 3. The molecular formula is C19H26F3IN6. The molecule has 1 fully saturated rings. The number of para-hydroxylation sites is 1. The topological polar surface area (TPSA) is 48.7 Å². The minimum Gasteiger partial charge on any atom is -0.352 e. The average Bonchev–Trinajstić information content (AvgIpc) is 3.22. The summed E-state index contributed by atoms with van der Waals surface area (Å²) in [6, 6.07) is 8.36. The molecule has 6 nitrogen and oxygen atoms in total. The van der Waals surface area contributed by atoms with Crippen molar-refractivity contribution in [2.75, 3.05) is 33.2 Å². The fraction of sp³-hybridized carbons (Fsp3) is 0.474. The highest BCUT2D eigenvalue weighted by Crippen LogP contribution is 2.25. The molecule has 1 N–H and O–H groups in total. The summed E-state index contributed by atoms with van der Waals surface area (Å²) in [6.07, 6.45) is -0.586. The molecule has 160 valence electrons. The summed E-state index contributed by atoms with van der Waals surface area (Å²) in [4.78, 5) is 7.77. The number of nitrogens with one attached hydrogen (secondary N) is 1. The molecule has 0 radical (unpaired) electrons. The molecule has 29 heavy (non-hydrogen) atoms. The van der Waals surface area contributed by atoms with Crippen LogP contribution in [0.3, 0.4) is 0 Å². The summed E-state index contributed by atoms with van der Waals surface area (Å²) < 4.78 is 40.6. The third-order valence-corrected chi connectivity index (χ3v) is 5.03. The van der Waals surface area contributed by atoms with Crippen LogP contribution in [0.4, 0.5) is 13.2 Å². The van der Waals surface area contributed by atoms with Gasteiger partial charge in [0.1, 0.15) is 6.04 Å². The molecular weight excluding hydrogens is 496 g/mol. The Bertz CT molecular complexity index is 785. The van der Waals surface area contributed by atoms with E-state index in [1.807, 2.05) is 41.4 Å². The molecule has 0 aliphatic carbocycles.